The van der Waals surface area contributed by atoms with E-state index in [-0.39, 0.29) is 18.6 Å². The molecule has 1 aromatic rings. The first kappa shape index (κ1) is 15.1. The van der Waals surface area contributed by atoms with Crippen molar-refractivity contribution >= 4 is 0 Å². The standard InChI is InChI=1S/C16H25NO3/c1-12(11-18)16(17-8-4-5-9-17)14-10-13(19-2)6-7-15(14)20-3/h6-7,10,12,16,18H,4-5,8-9,11H2,1-3H3. The molecule has 0 aliphatic carbocycles. The Labute approximate surface area is 121 Å². The maximum atomic E-state index is 9.62. The van der Waals surface area contributed by atoms with E-state index in [1.165, 1.54) is 12.8 Å². The molecule has 4 nitrogen and oxygen atoms in total. The van der Waals surface area contributed by atoms with Crippen molar-refractivity contribution in [2.75, 3.05) is 33.9 Å². The molecule has 1 aliphatic heterocycles. The zero-order chi connectivity index (χ0) is 14.5. The molecule has 1 aromatic carbocycles. The van der Waals surface area contributed by atoms with E-state index in [9.17, 15) is 5.11 Å². The number of hydrogen-bond donors (Lipinski definition) is 1. The summed E-state index contributed by atoms with van der Waals surface area (Å²) in [5, 5.41) is 9.62. The van der Waals surface area contributed by atoms with E-state index < -0.39 is 0 Å². The van der Waals surface area contributed by atoms with Crippen molar-refractivity contribution in [3.8, 4) is 11.5 Å². The normalized spacial score (nSPS) is 18.8. The second-order valence-corrected chi connectivity index (χ2v) is 5.46. The predicted octanol–water partition coefficient (Wildman–Crippen LogP) is 2.47. The Morgan fingerprint density at radius 1 is 1.20 bits per heavy atom. The van der Waals surface area contributed by atoms with Gasteiger partial charge in [-0.05, 0) is 50.0 Å². The fourth-order valence-electron chi connectivity index (χ4n) is 3.05. The van der Waals surface area contributed by atoms with Gasteiger partial charge in [-0.15, -0.1) is 0 Å². The molecule has 0 spiro atoms. The van der Waals surface area contributed by atoms with Crippen molar-refractivity contribution in [3.63, 3.8) is 0 Å². The molecule has 2 atom stereocenters. The summed E-state index contributed by atoms with van der Waals surface area (Å²) in [5.74, 6) is 1.85. The number of nitrogens with zero attached hydrogens (tertiary/aromatic N) is 1. The molecule has 1 saturated heterocycles. The van der Waals surface area contributed by atoms with E-state index in [0.717, 1.165) is 30.2 Å². The van der Waals surface area contributed by atoms with Gasteiger partial charge >= 0.3 is 0 Å². The molecular weight excluding hydrogens is 254 g/mol. The summed E-state index contributed by atoms with van der Waals surface area (Å²) in [6.07, 6.45) is 2.45. The van der Waals surface area contributed by atoms with E-state index in [4.69, 9.17) is 9.47 Å². The van der Waals surface area contributed by atoms with Crippen molar-refractivity contribution in [2.45, 2.75) is 25.8 Å². The highest BCUT2D eigenvalue weighted by Crippen LogP contribution is 2.38. The van der Waals surface area contributed by atoms with Gasteiger partial charge in [0.15, 0.2) is 0 Å². The average Bonchev–Trinajstić information content (AvgIpc) is 3.01. The summed E-state index contributed by atoms with van der Waals surface area (Å²) in [4.78, 5) is 2.44. The van der Waals surface area contributed by atoms with Crippen LogP contribution >= 0.6 is 0 Å². The number of methoxy groups -OCH3 is 2. The Morgan fingerprint density at radius 2 is 1.90 bits per heavy atom. The highest BCUT2D eigenvalue weighted by Gasteiger charge is 2.30. The Balaban J connectivity index is 2.40. The zero-order valence-corrected chi connectivity index (χ0v) is 12.6. The topological polar surface area (TPSA) is 41.9 Å². The van der Waals surface area contributed by atoms with Crippen molar-refractivity contribution in [1.29, 1.82) is 0 Å². The van der Waals surface area contributed by atoms with E-state index in [1.807, 2.05) is 18.2 Å². The van der Waals surface area contributed by atoms with Crippen LogP contribution in [-0.4, -0.2) is 43.9 Å². The highest BCUT2D eigenvalue weighted by molar-refractivity contribution is 5.42. The maximum Gasteiger partial charge on any atom is 0.123 e. The quantitative estimate of drug-likeness (QED) is 0.868. The summed E-state index contributed by atoms with van der Waals surface area (Å²) in [6, 6.07) is 6.06. The van der Waals surface area contributed by atoms with Crippen LogP contribution in [0.15, 0.2) is 18.2 Å². The number of ether oxygens (including phenoxy) is 2. The maximum absolute atomic E-state index is 9.62. The number of hydrogen-bond acceptors (Lipinski definition) is 4. The fourth-order valence-corrected chi connectivity index (χ4v) is 3.05. The molecule has 0 amide bonds. The van der Waals surface area contributed by atoms with Crippen LogP contribution in [0.1, 0.15) is 31.4 Å². The summed E-state index contributed by atoms with van der Waals surface area (Å²) in [7, 11) is 3.36. The van der Waals surface area contributed by atoms with Gasteiger partial charge in [0.05, 0.1) is 14.2 Å². The second kappa shape index (κ2) is 6.95. The molecule has 2 rings (SSSR count). The molecule has 112 valence electrons. The lowest BCUT2D eigenvalue weighted by Gasteiger charge is -2.33. The Bertz CT molecular complexity index is 430. The van der Waals surface area contributed by atoms with Crippen molar-refractivity contribution in [2.24, 2.45) is 5.92 Å². The van der Waals surface area contributed by atoms with Crippen LogP contribution < -0.4 is 9.47 Å². The van der Waals surface area contributed by atoms with Gasteiger partial charge in [-0.2, -0.15) is 0 Å². The molecule has 1 heterocycles. The fraction of sp³-hybridized carbons (Fsp3) is 0.625. The Kier molecular flexibility index (Phi) is 5.26. The predicted molar refractivity (Wildman–Crippen MR) is 79.3 cm³/mol. The summed E-state index contributed by atoms with van der Waals surface area (Å²) in [6.45, 7) is 4.41. The van der Waals surface area contributed by atoms with Crippen molar-refractivity contribution < 1.29 is 14.6 Å². The highest BCUT2D eigenvalue weighted by atomic mass is 16.5. The first-order valence-electron chi connectivity index (χ1n) is 7.28. The minimum atomic E-state index is 0.161. The minimum Gasteiger partial charge on any atom is -0.497 e. The van der Waals surface area contributed by atoms with Crippen LogP contribution in [0.5, 0.6) is 11.5 Å². The smallest absolute Gasteiger partial charge is 0.123 e. The van der Waals surface area contributed by atoms with E-state index in [2.05, 4.69) is 11.8 Å². The average molecular weight is 279 g/mol. The van der Waals surface area contributed by atoms with Crippen LogP contribution in [0.3, 0.4) is 0 Å². The summed E-state index contributed by atoms with van der Waals surface area (Å²) >= 11 is 0. The Hall–Kier alpha value is -1.26. The third-order valence-electron chi connectivity index (χ3n) is 4.12. The van der Waals surface area contributed by atoms with Crippen LogP contribution in [0.25, 0.3) is 0 Å². The number of aliphatic hydroxyl groups excluding tert-OH is 1. The third kappa shape index (κ3) is 3.07. The second-order valence-electron chi connectivity index (χ2n) is 5.46. The molecular formula is C16H25NO3. The molecule has 1 aliphatic rings. The minimum absolute atomic E-state index is 0.161. The third-order valence-corrected chi connectivity index (χ3v) is 4.12. The lowest BCUT2D eigenvalue weighted by Crippen LogP contribution is -2.32. The lowest BCUT2D eigenvalue weighted by molar-refractivity contribution is 0.123. The Morgan fingerprint density at radius 3 is 2.45 bits per heavy atom. The first-order valence-corrected chi connectivity index (χ1v) is 7.28. The van der Waals surface area contributed by atoms with Gasteiger partial charge in [0, 0.05) is 18.2 Å². The number of likely N-dealkylation sites (tertiary alicyclic amines) is 1. The number of rotatable bonds is 6. The van der Waals surface area contributed by atoms with Gasteiger partial charge in [0.25, 0.3) is 0 Å². The van der Waals surface area contributed by atoms with Gasteiger partial charge in [0.1, 0.15) is 11.5 Å². The molecule has 0 saturated carbocycles. The number of benzene rings is 1. The molecule has 20 heavy (non-hydrogen) atoms. The monoisotopic (exact) mass is 279 g/mol. The molecule has 0 radical (unpaired) electrons. The SMILES string of the molecule is COc1ccc(OC)c(C(C(C)CO)N2CCCC2)c1. The number of aliphatic hydroxyl groups is 1. The van der Waals surface area contributed by atoms with Gasteiger partial charge in [-0.25, -0.2) is 0 Å². The van der Waals surface area contributed by atoms with E-state index in [0.29, 0.717) is 0 Å². The van der Waals surface area contributed by atoms with Gasteiger partial charge in [-0.3, -0.25) is 4.90 Å². The lowest BCUT2D eigenvalue weighted by atomic mass is 9.92. The largest absolute Gasteiger partial charge is 0.497 e. The van der Waals surface area contributed by atoms with E-state index in [1.54, 1.807) is 14.2 Å². The molecule has 0 aromatic heterocycles. The first-order chi connectivity index (χ1) is 9.71. The molecule has 2 unspecified atom stereocenters. The van der Waals surface area contributed by atoms with Crippen LogP contribution in [-0.2, 0) is 0 Å². The van der Waals surface area contributed by atoms with Crippen molar-refractivity contribution in [3.05, 3.63) is 23.8 Å². The van der Waals surface area contributed by atoms with Crippen LogP contribution in [0.4, 0.5) is 0 Å². The summed E-state index contributed by atoms with van der Waals surface area (Å²) < 4.78 is 10.9. The van der Waals surface area contributed by atoms with E-state index >= 15 is 0 Å². The molecule has 0 bridgehead atoms. The zero-order valence-electron chi connectivity index (χ0n) is 12.6. The van der Waals surface area contributed by atoms with Crippen molar-refractivity contribution in [1.82, 2.24) is 4.90 Å². The van der Waals surface area contributed by atoms with Crippen LogP contribution in [0, 0.1) is 5.92 Å². The van der Waals surface area contributed by atoms with Gasteiger partial charge in [-0.1, -0.05) is 6.92 Å². The van der Waals surface area contributed by atoms with Gasteiger partial charge < -0.3 is 14.6 Å². The van der Waals surface area contributed by atoms with Crippen LogP contribution in [0.2, 0.25) is 0 Å². The van der Waals surface area contributed by atoms with Gasteiger partial charge in [0.2, 0.25) is 0 Å². The molecule has 1 fully saturated rings. The molecule has 1 N–H and O–H groups in total. The molecule has 4 heteroatoms. The summed E-state index contributed by atoms with van der Waals surface area (Å²) in [5.41, 5.74) is 1.11.